The maximum atomic E-state index is 10.2. The van der Waals surface area contributed by atoms with E-state index in [1.54, 1.807) is 0 Å². The predicted octanol–water partition coefficient (Wildman–Crippen LogP) is 0.271. The summed E-state index contributed by atoms with van der Waals surface area (Å²) in [5, 5.41) is 21.2. The number of aromatic nitrogens is 2. The SMILES string of the molecule is O=C(O)CCNc1ncc([N+](=O)[O-])cn1. The highest BCUT2D eigenvalue weighted by atomic mass is 16.6. The molecule has 0 aliphatic carbocycles. The summed E-state index contributed by atoms with van der Waals surface area (Å²) in [4.78, 5) is 27.1. The summed E-state index contributed by atoms with van der Waals surface area (Å²) in [6.07, 6.45) is 2.03. The molecule has 1 aromatic heterocycles. The Morgan fingerprint density at radius 1 is 1.53 bits per heavy atom. The van der Waals surface area contributed by atoms with Crippen molar-refractivity contribution < 1.29 is 14.8 Å². The molecule has 0 aliphatic rings. The van der Waals surface area contributed by atoms with E-state index in [0.29, 0.717) is 0 Å². The van der Waals surface area contributed by atoms with E-state index in [1.165, 1.54) is 0 Å². The van der Waals surface area contributed by atoms with Gasteiger partial charge in [-0.3, -0.25) is 14.9 Å². The zero-order valence-electron chi connectivity index (χ0n) is 7.58. The minimum atomic E-state index is -0.940. The highest BCUT2D eigenvalue weighted by molar-refractivity contribution is 5.67. The topological polar surface area (TPSA) is 118 Å². The summed E-state index contributed by atoms with van der Waals surface area (Å²) in [7, 11) is 0. The number of aliphatic carboxylic acids is 1. The molecule has 15 heavy (non-hydrogen) atoms. The van der Waals surface area contributed by atoms with Crippen LogP contribution in [0, 0.1) is 10.1 Å². The second kappa shape index (κ2) is 4.84. The third kappa shape index (κ3) is 3.55. The van der Waals surface area contributed by atoms with Gasteiger partial charge in [0.2, 0.25) is 5.95 Å². The zero-order chi connectivity index (χ0) is 11.3. The molecule has 1 rings (SSSR count). The Hall–Kier alpha value is -2.25. The Labute approximate surface area is 84.1 Å². The first-order valence-corrected chi connectivity index (χ1v) is 4.01. The van der Waals surface area contributed by atoms with E-state index >= 15 is 0 Å². The van der Waals surface area contributed by atoms with E-state index in [0.717, 1.165) is 12.4 Å². The average Bonchev–Trinajstić information content (AvgIpc) is 2.18. The van der Waals surface area contributed by atoms with E-state index in [4.69, 9.17) is 5.11 Å². The quantitative estimate of drug-likeness (QED) is 0.531. The molecule has 0 atom stereocenters. The first kappa shape index (κ1) is 10.8. The Balaban J connectivity index is 2.50. The van der Waals surface area contributed by atoms with Crippen LogP contribution in [0.4, 0.5) is 11.6 Å². The third-order valence-corrected chi connectivity index (χ3v) is 1.47. The number of rotatable bonds is 5. The first-order valence-electron chi connectivity index (χ1n) is 4.01. The Morgan fingerprint density at radius 2 is 2.13 bits per heavy atom. The molecule has 0 amide bonds. The maximum absolute atomic E-state index is 10.2. The van der Waals surface area contributed by atoms with Crippen molar-refractivity contribution in [3.05, 3.63) is 22.5 Å². The summed E-state index contributed by atoms with van der Waals surface area (Å²) < 4.78 is 0. The average molecular weight is 212 g/mol. The number of carbonyl (C=O) groups is 1. The Morgan fingerprint density at radius 3 is 2.60 bits per heavy atom. The summed E-state index contributed by atoms with van der Waals surface area (Å²) in [5.74, 6) is -0.772. The Bertz CT molecular complexity index is 364. The lowest BCUT2D eigenvalue weighted by Crippen LogP contribution is -2.09. The standard InChI is InChI=1S/C7H8N4O4/c12-6(13)1-2-8-7-9-3-5(4-10-7)11(14)15/h3-4H,1-2H2,(H,12,13)(H,8,9,10). The Kier molecular flexibility index (Phi) is 3.49. The van der Waals surface area contributed by atoms with E-state index < -0.39 is 10.9 Å². The molecule has 0 bridgehead atoms. The molecule has 0 radical (unpaired) electrons. The molecule has 0 unspecified atom stereocenters. The molecule has 1 heterocycles. The smallest absolute Gasteiger partial charge is 0.305 e. The van der Waals surface area contributed by atoms with Gasteiger partial charge in [-0.25, -0.2) is 9.97 Å². The fraction of sp³-hybridized carbons (Fsp3) is 0.286. The van der Waals surface area contributed by atoms with Crippen molar-refractivity contribution in [2.75, 3.05) is 11.9 Å². The second-order valence-electron chi connectivity index (χ2n) is 2.59. The van der Waals surface area contributed by atoms with Gasteiger partial charge in [0.15, 0.2) is 0 Å². The van der Waals surface area contributed by atoms with Gasteiger partial charge in [0.25, 0.3) is 0 Å². The number of anilines is 1. The van der Waals surface area contributed by atoms with Crippen LogP contribution in [0.5, 0.6) is 0 Å². The minimum absolute atomic E-state index is 0.0691. The number of hydrogen-bond acceptors (Lipinski definition) is 6. The number of carboxylic acids is 1. The number of nitrogens with zero attached hydrogens (tertiary/aromatic N) is 3. The summed E-state index contributed by atoms with van der Waals surface area (Å²) in [6, 6.07) is 0. The first-order chi connectivity index (χ1) is 7.09. The van der Waals surface area contributed by atoms with Crippen LogP contribution >= 0.6 is 0 Å². The van der Waals surface area contributed by atoms with Crippen LogP contribution in [0.2, 0.25) is 0 Å². The van der Waals surface area contributed by atoms with Crippen molar-refractivity contribution in [1.82, 2.24) is 9.97 Å². The normalized spacial score (nSPS) is 9.60. The monoisotopic (exact) mass is 212 g/mol. The fourth-order valence-electron chi connectivity index (χ4n) is 0.788. The van der Waals surface area contributed by atoms with Gasteiger partial charge in [-0.05, 0) is 0 Å². The molecule has 0 saturated carbocycles. The van der Waals surface area contributed by atoms with Gasteiger partial charge >= 0.3 is 11.7 Å². The molecule has 0 fully saturated rings. The predicted molar refractivity (Wildman–Crippen MR) is 49.4 cm³/mol. The van der Waals surface area contributed by atoms with Gasteiger partial charge < -0.3 is 10.4 Å². The van der Waals surface area contributed by atoms with Gasteiger partial charge in [-0.1, -0.05) is 0 Å². The highest BCUT2D eigenvalue weighted by Gasteiger charge is 2.06. The molecular weight excluding hydrogens is 204 g/mol. The molecule has 1 aromatic rings. The number of nitrogens with one attached hydrogen (secondary N) is 1. The molecule has 0 spiro atoms. The summed E-state index contributed by atoms with van der Waals surface area (Å²) >= 11 is 0. The molecule has 80 valence electrons. The number of hydrogen-bond donors (Lipinski definition) is 2. The van der Waals surface area contributed by atoms with Gasteiger partial charge in [-0.2, -0.15) is 0 Å². The van der Waals surface area contributed by atoms with Crippen molar-refractivity contribution in [3.63, 3.8) is 0 Å². The van der Waals surface area contributed by atoms with Crippen molar-refractivity contribution in [1.29, 1.82) is 0 Å². The van der Waals surface area contributed by atoms with E-state index in [9.17, 15) is 14.9 Å². The lowest BCUT2D eigenvalue weighted by molar-refractivity contribution is -0.385. The highest BCUT2D eigenvalue weighted by Crippen LogP contribution is 2.07. The van der Waals surface area contributed by atoms with Crippen LogP contribution in [0.1, 0.15) is 6.42 Å². The van der Waals surface area contributed by atoms with Crippen LogP contribution in [0.15, 0.2) is 12.4 Å². The summed E-state index contributed by atoms with van der Waals surface area (Å²) in [6.45, 7) is 0.174. The van der Waals surface area contributed by atoms with Crippen LogP contribution in [0.3, 0.4) is 0 Å². The maximum Gasteiger partial charge on any atom is 0.305 e. The summed E-state index contributed by atoms with van der Waals surface area (Å²) in [5.41, 5.74) is -0.209. The lowest BCUT2D eigenvalue weighted by atomic mass is 10.4. The van der Waals surface area contributed by atoms with Crippen molar-refractivity contribution in [3.8, 4) is 0 Å². The number of carboxylic acid groups (broad SMARTS) is 1. The minimum Gasteiger partial charge on any atom is -0.481 e. The molecule has 2 N–H and O–H groups in total. The molecule has 0 saturated heterocycles. The van der Waals surface area contributed by atoms with Gasteiger partial charge in [0, 0.05) is 6.54 Å². The van der Waals surface area contributed by atoms with E-state index in [2.05, 4.69) is 15.3 Å². The largest absolute Gasteiger partial charge is 0.481 e. The van der Waals surface area contributed by atoms with E-state index in [-0.39, 0.29) is 24.6 Å². The second-order valence-corrected chi connectivity index (χ2v) is 2.59. The van der Waals surface area contributed by atoms with Crippen LogP contribution < -0.4 is 5.32 Å². The number of nitro groups is 1. The molecular formula is C7H8N4O4. The molecule has 0 aliphatic heterocycles. The molecule has 0 aromatic carbocycles. The van der Waals surface area contributed by atoms with Crippen LogP contribution in [0.25, 0.3) is 0 Å². The lowest BCUT2D eigenvalue weighted by Gasteiger charge is -2.00. The molecule has 8 heteroatoms. The third-order valence-electron chi connectivity index (χ3n) is 1.47. The van der Waals surface area contributed by atoms with Gasteiger partial charge in [0.1, 0.15) is 12.4 Å². The van der Waals surface area contributed by atoms with Gasteiger partial charge in [-0.15, -0.1) is 0 Å². The fourth-order valence-corrected chi connectivity index (χ4v) is 0.788. The van der Waals surface area contributed by atoms with Crippen molar-refractivity contribution >= 4 is 17.6 Å². The zero-order valence-corrected chi connectivity index (χ0v) is 7.58. The van der Waals surface area contributed by atoms with Crippen molar-refractivity contribution in [2.24, 2.45) is 0 Å². The van der Waals surface area contributed by atoms with Gasteiger partial charge in [0.05, 0.1) is 11.3 Å². The molecule has 8 nitrogen and oxygen atoms in total. The van der Waals surface area contributed by atoms with Crippen LogP contribution in [-0.2, 0) is 4.79 Å². The van der Waals surface area contributed by atoms with E-state index in [1.807, 2.05) is 0 Å². The van der Waals surface area contributed by atoms with Crippen LogP contribution in [-0.4, -0.2) is 32.5 Å². The van der Waals surface area contributed by atoms with Crippen molar-refractivity contribution in [2.45, 2.75) is 6.42 Å².